The summed E-state index contributed by atoms with van der Waals surface area (Å²) in [6.45, 7) is 2.08. The van der Waals surface area contributed by atoms with Crippen molar-refractivity contribution in [2.45, 2.75) is 25.8 Å². The van der Waals surface area contributed by atoms with Crippen molar-refractivity contribution in [1.82, 2.24) is 0 Å². The van der Waals surface area contributed by atoms with E-state index in [-0.39, 0.29) is 0 Å². The Balaban J connectivity index is 2.71. The van der Waals surface area contributed by atoms with Gasteiger partial charge in [-0.25, -0.2) is 0 Å². The van der Waals surface area contributed by atoms with Gasteiger partial charge in [0.05, 0.1) is 6.07 Å². The average molecular weight is 164 g/mol. The van der Waals surface area contributed by atoms with E-state index in [9.17, 15) is 0 Å². The summed E-state index contributed by atoms with van der Waals surface area (Å²) in [5.74, 6) is 1.46. The molecule has 0 saturated carbocycles. The van der Waals surface area contributed by atoms with Crippen molar-refractivity contribution in [1.29, 1.82) is 5.26 Å². The summed E-state index contributed by atoms with van der Waals surface area (Å²) in [6.07, 6.45) is 1.94. The first-order valence-corrected chi connectivity index (χ1v) is 4.01. The van der Waals surface area contributed by atoms with E-state index in [1.807, 2.05) is 12.1 Å². The van der Waals surface area contributed by atoms with Crippen LogP contribution in [-0.2, 0) is 6.42 Å². The van der Waals surface area contributed by atoms with Gasteiger partial charge in [0, 0.05) is 6.42 Å². The van der Waals surface area contributed by atoms with Crippen LogP contribution in [0.3, 0.4) is 0 Å². The molecule has 0 amide bonds. The largest absolute Gasteiger partial charge is 0.463 e. The highest BCUT2D eigenvalue weighted by atomic mass is 16.3. The Labute approximate surface area is 71.8 Å². The first-order valence-electron chi connectivity index (χ1n) is 4.01. The second-order valence-electron chi connectivity index (χ2n) is 2.66. The Morgan fingerprint density at radius 1 is 1.67 bits per heavy atom. The lowest BCUT2D eigenvalue weighted by molar-refractivity contribution is 0.453. The van der Waals surface area contributed by atoms with E-state index in [0.29, 0.717) is 5.76 Å². The van der Waals surface area contributed by atoms with Crippen LogP contribution in [0.2, 0.25) is 0 Å². The minimum Gasteiger partial charge on any atom is -0.463 e. The molecule has 1 rings (SSSR count). The molecule has 0 fully saturated rings. The molecule has 0 saturated heterocycles. The molecule has 3 heteroatoms. The van der Waals surface area contributed by atoms with Crippen LogP contribution in [-0.4, -0.2) is 0 Å². The predicted octanol–water partition coefficient (Wildman–Crippen LogP) is 1.76. The highest BCUT2D eigenvalue weighted by Crippen LogP contribution is 2.14. The van der Waals surface area contributed by atoms with Crippen molar-refractivity contribution in [2.75, 3.05) is 0 Å². The fourth-order valence-corrected chi connectivity index (χ4v) is 1.01. The molecule has 1 unspecified atom stereocenters. The van der Waals surface area contributed by atoms with Crippen LogP contribution in [0.1, 0.15) is 30.9 Å². The average Bonchev–Trinajstić information content (AvgIpc) is 2.52. The first-order chi connectivity index (χ1) is 5.77. The molecule has 0 aliphatic carbocycles. The molecule has 0 radical (unpaired) electrons. The normalized spacial score (nSPS) is 12.4. The van der Waals surface area contributed by atoms with Gasteiger partial charge in [0.1, 0.15) is 11.5 Å². The Morgan fingerprint density at radius 3 is 3.00 bits per heavy atom. The third-order valence-electron chi connectivity index (χ3n) is 1.62. The van der Waals surface area contributed by atoms with Gasteiger partial charge in [-0.1, -0.05) is 6.92 Å². The van der Waals surface area contributed by atoms with E-state index in [0.717, 1.165) is 18.6 Å². The Bertz CT molecular complexity index is 285. The lowest BCUT2D eigenvalue weighted by Gasteiger charge is -1.96. The number of nitrogens with zero attached hydrogens (tertiary/aromatic N) is 1. The van der Waals surface area contributed by atoms with Gasteiger partial charge >= 0.3 is 0 Å². The van der Waals surface area contributed by atoms with Crippen LogP contribution in [0.15, 0.2) is 16.5 Å². The zero-order chi connectivity index (χ0) is 8.97. The van der Waals surface area contributed by atoms with Crippen molar-refractivity contribution in [2.24, 2.45) is 5.73 Å². The Kier molecular flexibility index (Phi) is 2.89. The quantitative estimate of drug-likeness (QED) is 0.740. The van der Waals surface area contributed by atoms with E-state index in [1.54, 1.807) is 6.07 Å². The summed E-state index contributed by atoms with van der Waals surface area (Å²) in [5, 5.41) is 8.49. The zero-order valence-corrected chi connectivity index (χ0v) is 7.08. The molecule has 1 aromatic heterocycles. The fraction of sp³-hybridized carbons (Fsp3) is 0.444. The number of aryl methyl sites for hydroxylation is 1. The van der Waals surface area contributed by atoms with Gasteiger partial charge in [0.2, 0.25) is 0 Å². The van der Waals surface area contributed by atoms with Crippen LogP contribution in [0, 0.1) is 11.3 Å². The number of hydrogen-bond donors (Lipinski definition) is 1. The van der Waals surface area contributed by atoms with Gasteiger partial charge in [0.15, 0.2) is 6.04 Å². The Hall–Kier alpha value is -1.27. The molecule has 12 heavy (non-hydrogen) atoms. The zero-order valence-electron chi connectivity index (χ0n) is 7.08. The summed E-state index contributed by atoms with van der Waals surface area (Å²) in [5.41, 5.74) is 5.45. The molecule has 1 atom stereocenters. The third-order valence-corrected chi connectivity index (χ3v) is 1.62. The maximum atomic E-state index is 8.49. The van der Waals surface area contributed by atoms with Gasteiger partial charge in [-0.05, 0) is 18.6 Å². The molecule has 1 aromatic rings. The highest BCUT2D eigenvalue weighted by Gasteiger charge is 2.08. The topological polar surface area (TPSA) is 63.0 Å². The van der Waals surface area contributed by atoms with Crippen molar-refractivity contribution in [3.63, 3.8) is 0 Å². The van der Waals surface area contributed by atoms with E-state index >= 15 is 0 Å². The summed E-state index contributed by atoms with van der Waals surface area (Å²) in [6, 6.07) is 4.93. The van der Waals surface area contributed by atoms with Crippen molar-refractivity contribution in [3.05, 3.63) is 23.7 Å². The van der Waals surface area contributed by atoms with Crippen LogP contribution >= 0.6 is 0 Å². The number of hydrogen-bond acceptors (Lipinski definition) is 3. The van der Waals surface area contributed by atoms with Gasteiger partial charge in [-0.15, -0.1) is 0 Å². The van der Waals surface area contributed by atoms with E-state index in [2.05, 4.69) is 6.92 Å². The molecule has 2 N–H and O–H groups in total. The summed E-state index contributed by atoms with van der Waals surface area (Å²) in [4.78, 5) is 0. The van der Waals surface area contributed by atoms with Crippen LogP contribution in [0.4, 0.5) is 0 Å². The maximum absolute atomic E-state index is 8.49. The SMILES string of the molecule is CCCc1ccc(C(N)C#N)o1. The number of rotatable bonds is 3. The second-order valence-corrected chi connectivity index (χ2v) is 2.66. The van der Waals surface area contributed by atoms with E-state index in [1.165, 1.54) is 0 Å². The van der Waals surface area contributed by atoms with Gasteiger partial charge in [-0.2, -0.15) is 5.26 Å². The lowest BCUT2D eigenvalue weighted by Crippen LogP contribution is -2.05. The number of nitrogens with two attached hydrogens (primary N) is 1. The van der Waals surface area contributed by atoms with Crippen LogP contribution in [0.5, 0.6) is 0 Å². The molecule has 0 aliphatic rings. The molecule has 3 nitrogen and oxygen atoms in total. The lowest BCUT2D eigenvalue weighted by atomic mass is 10.2. The minimum absolute atomic E-state index is 0.556. The third kappa shape index (κ3) is 1.86. The summed E-state index contributed by atoms with van der Waals surface area (Å²) in [7, 11) is 0. The van der Waals surface area contributed by atoms with Crippen molar-refractivity contribution in [3.8, 4) is 6.07 Å². The van der Waals surface area contributed by atoms with E-state index in [4.69, 9.17) is 15.4 Å². The molecular weight excluding hydrogens is 152 g/mol. The molecule has 0 spiro atoms. The monoisotopic (exact) mass is 164 g/mol. The predicted molar refractivity (Wildman–Crippen MR) is 45.2 cm³/mol. The molecular formula is C9H12N2O. The first kappa shape index (κ1) is 8.82. The molecule has 0 bridgehead atoms. The van der Waals surface area contributed by atoms with Gasteiger partial charge in [0.25, 0.3) is 0 Å². The molecule has 1 heterocycles. The maximum Gasteiger partial charge on any atom is 0.151 e. The number of nitriles is 1. The second kappa shape index (κ2) is 3.93. The number of furan rings is 1. The fourth-order valence-electron chi connectivity index (χ4n) is 1.01. The van der Waals surface area contributed by atoms with Crippen LogP contribution in [0.25, 0.3) is 0 Å². The van der Waals surface area contributed by atoms with Gasteiger partial charge in [-0.3, -0.25) is 0 Å². The van der Waals surface area contributed by atoms with E-state index < -0.39 is 6.04 Å². The van der Waals surface area contributed by atoms with Crippen LogP contribution < -0.4 is 5.73 Å². The highest BCUT2D eigenvalue weighted by molar-refractivity contribution is 5.15. The van der Waals surface area contributed by atoms with Gasteiger partial charge < -0.3 is 10.2 Å². The summed E-state index contributed by atoms with van der Waals surface area (Å²) < 4.78 is 5.33. The minimum atomic E-state index is -0.629. The van der Waals surface area contributed by atoms with Crippen molar-refractivity contribution >= 4 is 0 Å². The smallest absolute Gasteiger partial charge is 0.151 e. The molecule has 64 valence electrons. The molecule has 0 aromatic carbocycles. The molecule has 0 aliphatic heterocycles. The standard InChI is InChI=1S/C9H12N2O/c1-2-3-7-4-5-9(12-7)8(11)6-10/h4-5,8H,2-3,11H2,1H3. The van der Waals surface area contributed by atoms with Crippen molar-refractivity contribution < 1.29 is 4.42 Å². The summed E-state index contributed by atoms with van der Waals surface area (Å²) >= 11 is 0. The Morgan fingerprint density at radius 2 is 2.42 bits per heavy atom.